The molecule has 0 spiro atoms. The minimum atomic E-state index is -0.762. The van der Waals surface area contributed by atoms with Crippen molar-refractivity contribution in [3.05, 3.63) is 30.3 Å². The molecule has 4 nitrogen and oxygen atoms in total. The zero-order valence-electron chi connectivity index (χ0n) is 12.1. The molecular weight excluding hydrogens is 284 g/mol. The van der Waals surface area contributed by atoms with Gasteiger partial charge in [-0.25, -0.2) is 0 Å². The maximum absolute atomic E-state index is 11.6. The number of carboxylic acids is 1. The summed E-state index contributed by atoms with van der Waals surface area (Å²) in [6.45, 7) is 0. The van der Waals surface area contributed by atoms with Gasteiger partial charge in [-0.15, -0.1) is 11.8 Å². The molecule has 1 aliphatic rings. The molecule has 1 saturated carbocycles. The quantitative estimate of drug-likeness (QED) is 0.811. The average Bonchev–Trinajstić information content (AvgIpc) is 2.89. The monoisotopic (exact) mass is 304 g/mol. The third-order valence-corrected chi connectivity index (χ3v) is 5.60. The second-order valence-corrected chi connectivity index (χ2v) is 7.04. The van der Waals surface area contributed by atoms with Gasteiger partial charge in [0.25, 0.3) is 0 Å². The van der Waals surface area contributed by atoms with Gasteiger partial charge < -0.3 is 15.4 Å². The van der Waals surface area contributed by atoms with Gasteiger partial charge in [-0.3, -0.25) is 4.79 Å². The number of hydrogen-bond acceptors (Lipinski definition) is 3. The molecule has 3 rings (SSSR count). The van der Waals surface area contributed by atoms with Crippen molar-refractivity contribution in [1.29, 1.82) is 0 Å². The molecule has 0 bridgehead atoms. The van der Waals surface area contributed by atoms with Crippen LogP contribution in [0.2, 0.25) is 0 Å². The topological polar surface area (TPSA) is 65.1 Å². The zero-order chi connectivity index (χ0) is 14.9. The molecule has 21 heavy (non-hydrogen) atoms. The Bertz CT molecular complexity index is 622. The molecule has 2 unspecified atom stereocenters. The molecule has 112 valence electrons. The van der Waals surface area contributed by atoms with Crippen molar-refractivity contribution in [2.45, 2.75) is 41.5 Å². The number of benzene rings is 1. The van der Waals surface area contributed by atoms with E-state index in [2.05, 4.69) is 28.5 Å². The van der Waals surface area contributed by atoms with Gasteiger partial charge in [0, 0.05) is 16.2 Å². The Morgan fingerprint density at radius 1 is 1.48 bits per heavy atom. The van der Waals surface area contributed by atoms with E-state index in [9.17, 15) is 9.90 Å². The van der Waals surface area contributed by atoms with Crippen molar-refractivity contribution in [2.24, 2.45) is 0 Å². The molecule has 1 aromatic carbocycles. The number of aromatic amines is 1. The standard InChI is InChI=1S/C16H20N2O2S/c1-17-16(15(19)20)8-4-6-12(10-16)21-14-9-11-5-2-3-7-13(11)18-14/h2-3,5,7,9,12,17-18H,4,6,8,10H2,1H3,(H,19,20). The van der Waals surface area contributed by atoms with Gasteiger partial charge in [-0.05, 0) is 44.9 Å². The van der Waals surface area contributed by atoms with Crippen LogP contribution in [0, 0.1) is 0 Å². The Morgan fingerprint density at radius 2 is 2.29 bits per heavy atom. The van der Waals surface area contributed by atoms with E-state index in [-0.39, 0.29) is 0 Å². The van der Waals surface area contributed by atoms with Crippen molar-refractivity contribution < 1.29 is 9.90 Å². The summed E-state index contributed by atoms with van der Waals surface area (Å²) in [5.74, 6) is -0.730. The van der Waals surface area contributed by atoms with Crippen LogP contribution in [0.15, 0.2) is 35.4 Å². The first-order valence-electron chi connectivity index (χ1n) is 7.30. The lowest BCUT2D eigenvalue weighted by Crippen LogP contribution is -2.53. The molecule has 1 aliphatic carbocycles. The summed E-state index contributed by atoms with van der Waals surface area (Å²) in [6.07, 6.45) is 3.39. The van der Waals surface area contributed by atoms with Crippen LogP contribution in [0.3, 0.4) is 0 Å². The molecule has 1 fully saturated rings. The summed E-state index contributed by atoms with van der Waals surface area (Å²) >= 11 is 1.77. The predicted octanol–water partition coefficient (Wildman–Crippen LogP) is 3.25. The van der Waals surface area contributed by atoms with Crippen LogP contribution in [-0.2, 0) is 4.79 Å². The zero-order valence-corrected chi connectivity index (χ0v) is 12.9. The van der Waals surface area contributed by atoms with E-state index in [4.69, 9.17) is 0 Å². The second-order valence-electron chi connectivity index (χ2n) is 5.69. The van der Waals surface area contributed by atoms with Crippen LogP contribution in [0.4, 0.5) is 0 Å². The van der Waals surface area contributed by atoms with Crippen LogP contribution in [-0.4, -0.2) is 33.9 Å². The molecule has 0 radical (unpaired) electrons. The number of hydrogen-bond donors (Lipinski definition) is 3. The Balaban J connectivity index is 1.76. The second kappa shape index (κ2) is 5.73. The molecule has 2 aromatic rings. The number of fused-ring (bicyclic) bond motifs is 1. The molecular formula is C16H20N2O2S. The average molecular weight is 304 g/mol. The number of rotatable bonds is 4. The molecule has 0 amide bonds. The van der Waals surface area contributed by atoms with Gasteiger partial charge in [0.2, 0.25) is 0 Å². The van der Waals surface area contributed by atoms with E-state index in [0.717, 1.165) is 23.4 Å². The predicted molar refractivity (Wildman–Crippen MR) is 85.8 cm³/mol. The Labute approximate surface area is 128 Å². The summed E-state index contributed by atoms with van der Waals surface area (Å²) in [7, 11) is 1.75. The third-order valence-electron chi connectivity index (χ3n) is 4.39. The highest BCUT2D eigenvalue weighted by atomic mass is 32.2. The van der Waals surface area contributed by atoms with E-state index in [1.54, 1.807) is 18.8 Å². The van der Waals surface area contributed by atoms with Crippen molar-refractivity contribution in [2.75, 3.05) is 7.05 Å². The summed E-state index contributed by atoms with van der Waals surface area (Å²) in [4.78, 5) is 15.0. The number of carbonyl (C=O) groups is 1. The number of H-pyrrole nitrogens is 1. The van der Waals surface area contributed by atoms with Crippen LogP contribution in [0.5, 0.6) is 0 Å². The minimum absolute atomic E-state index is 0.329. The third kappa shape index (κ3) is 2.80. The number of likely N-dealkylation sites (N-methyl/N-ethyl adjacent to an activating group) is 1. The molecule has 0 aliphatic heterocycles. The fraction of sp³-hybridized carbons (Fsp3) is 0.438. The van der Waals surface area contributed by atoms with E-state index >= 15 is 0 Å². The highest BCUT2D eigenvalue weighted by Crippen LogP contribution is 2.38. The maximum Gasteiger partial charge on any atom is 0.323 e. The number of carboxylic acid groups (broad SMARTS) is 1. The first kappa shape index (κ1) is 14.5. The summed E-state index contributed by atoms with van der Waals surface area (Å²) in [6, 6.07) is 10.4. The van der Waals surface area contributed by atoms with Crippen LogP contribution >= 0.6 is 11.8 Å². The number of nitrogens with one attached hydrogen (secondary N) is 2. The van der Waals surface area contributed by atoms with Gasteiger partial charge in [-0.2, -0.15) is 0 Å². The van der Waals surface area contributed by atoms with Crippen molar-refractivity contribution >= 4 is 28.6 Å². The highest BCUT2D eigenvalue weighted by Gasteiger charge is 2.41. The first-order chi connectivity index (χ1) is 10.1. The van der Waals surface area contributed by atoms with Crippen LogP contribution < -0.4 is 5.32 Å². The Hall–Kier alpha value is -1.46. The lowest BCUT2D eigenvalue weighted by atomic mass is 9.81. The number of aromatic nitrogens is 1. The van der Waals surface area contributed by atoms with Crippen LogP contribution in [0.25, 0.3) is 10.9 Å². The van der Waals surface area contributed by atoms with E-state index in [0.29, 0.717) is 18.1 Å². The SMILES string of the molecule is CNC1(C(=O)O)CCCC(Sc2cc3ccccc3[nH]2)C1. The van der Waals surface area contributed by atoms with Gasteiger partial charge in [0.1, 0.15) is 5.54 Å². The van der Waals surface area contributed by atoms with Crippen molar-refractivity contribution in [3.63, 3.8) is 0 Å². The van der Waals surface area contributed by atoms with Gasteiger partial charge in [0.15, 0.2) is 0 Å². The van der Waals surface area contributed by atoms with E-state index in [1.807, 2.05) is 12.1 Å². The summed E-state index contributed by atoms with van der Waals surface area (Å²) in [5.41, 5.74) is 0.371. The molecule has 1 heterocycles. The van der Waals surface area contributed by atoms with Gasteiger partial charge in [-0.1, -0.05) is 18.2 Å². The molecule has 3 N–H and O–H groups in total. The minimum Gasteiger partial charge on any atom is -0.480 e. The molecule has 1 aromatic heterocycles. The number of aliphatic carboxylic acids is 1. The number of thioether (sulfide) groups is 1. The van der Waals surface area contributed by atoms with Gasteiger partial charge in [0.05, 0.1) is 5.03 Å². The summed E-state index contributed by atoms with van der Waals surface area (Å²) in [5, 5.41) is 15.2. The largest absolute Gasteiger partial charge is 0.480 e. The summed E-state index contributed by atoms with van der Waals surface area (Å²) < 4.78 is 0. The van der Waals surface area contributed by atoms with E-state index in [1.165, 1.54) is 5.39 Å². The van der Waals surface area contributed by atoms with Crippen molar-refractivity contribution in [3.8, 4) is 0 Å². The molecule has 0 saturated heterocycles. The van der Waals surface area contributed by atoms with E-state index < -0.39 is 11.5 Å². The van der Waals surface area contributed by atoms with Gasteiger partial charge >= 0.3 is 5.97 Å². The maximum atomic E-state index is 11.6. The van der Waals surface area contributed by atoms with Crippen LogP contribution in [0.1, 0.15) is 25.7 Å². The lowest BCUT2D eigenvalue weighted by molar-refractivity contribution is -0.146. The normalized spacial score (nSPS) is 26.0. The Morgan fingerprint density at radius 3 is 3.00 bits per heavy atom. The lowest BCUT2D eigenvalue weighted by Gasteiger charge is -2.36. The fourth-order valence-electron chi connectivity index (χ4n) is 3.14. The molecule has 5 heteroatoms. The Kier molecular flexibility index (Phi) is 3.95. The molecule has 2 atom stereocenters. The number of para-hydroxylation sites is 1. The van der Waals surface area contributed by atoms with Crippen molar-refractivity contribution in [1.82, 2.24) is 10.3 Å². The highest BCUT2D eigenvalue weighted by molar-refractivity contribution is 7.99. The smallest absolute Gasteiger partial charge is 0.323 e. The first-order valence-corrected chi connectivity index (χ1v) is 8.18. The fourth-order valence-corrected chi connectivity index (χ4v) is 4.52.